The lowest BCUT2D eigenvalue weighted by Crippen LogP contribution is -2.43. The highest BCUT2D eigenvalue weighted by atomic mass is 19.4. The lowest BCUT2D eigenvalue weighted by molar-refractivity contribution is -0.258. The molecule has 14 heavy (non-hydrogen) atoms. The second-order valence-electron chi connectivity index (χ2n) is 3.49. The van der Waals surface area contributed by atoms with Crippen LogP contribution < -0.4 is 0 Å². The minimum absolute atomic E-state index is 0.110. The van der Waals surface area contributed by atoms with Crippen LogP contribution in [-0.4, -0.2) is 16.9 Å². The molecule has 0 aliphatic rings. The molecule has 2 atom stereocenters. The van der Waals surface area contributed by atoms with Crippen LogP contribution in [0, 0.1) is 5.92 Å². The molecule has 0 aliphatic carbocycles. The molecule has 4 heteroatoms. The van der Waals surface area contributed by atoms with Gasteiger partial charge in [-0.15, -0.1) is 0 Å². The third kappa shape index (κ3) is 5.47. The highest BCUT2D eigenvalue weighted by Gasteiger charge is 2.49. The molecule has 1 N–H and O–H groups in total. The molecule has 0 saturated carbocycles. The zero-order valence-corrected chi connectivity index (χ0v) is 9.57. The maximum absolute atomic E-state index is 12.1. The highest BCUT2D eigenvalue weighted by Crippen LogP contribution is 2.35. The summed E-state index contributed by atoms with van der Waals surface area (Å²) in [5, 5.41) is 9.03. The van der Waals surface area contributed by atoms with E-state index in [4.69, 9.17) is 5.11 Å². The van der Waals surface area contributed by atoms with E-state index in [-0.39, 0.29) is 12.3 Å². The number of aliphatic hydroxyl groups is 1. The first-order valence-corrected chi connectivity index (χ1v) is 5.00. The Hall–Kier alpha value is -0.250. The molecular formula is C10H21F3O. The van der Waals surface area contributed by atoms with Crippen molar-refractivity contribution in [2.45, 2.75) is 59.2 Å². The van der Waals surface area contributed by atoms with E-state index in [1.54, 1.807) is 13.8 Å². The zero-order valence-electron chi connectivity index (χ0n) is 9.57. The monoisotopic (exact) mass is 214 g/mol. The summed E-state index contributed by atoms with van der Waals surface area (Å²) < 4.78 is 36.2. The Morgan fingerprint density at radius 1 is 1.21 bits per heavy atom. The van der Waals surface area contributed by atoms with Gasteiger partial charge in [0.05, 0.1) is 0 Å². The van der Waals surface area contributed by atoms with Gasteiger partial charge in [0.25, 0.3) is 0 Å². The lowest BCUT2D eigenvalue weighted by atomic mass is 9.91. The molecule has 0 bridgehead atoms. The van der Waals surface area contributed by atoms with Gasteiger partial charge in [-0.1, -0.05) is 34.1 Å². The minimum Gasteiger partial charge on any atom is -0.381 e. The number of alkyl halides is 3. The van der Waals surface area contributed by atoms with Crippen molar-refractivity contribution in [1.29, 1.82) is 0 Å². The Balaban J connectivity index is 0. The minimum atomic E-state index is -4.52. The molecule has 0 amide bonds. The van der Waals surface area contributed by atoms with E-state index in [1.807, 2.05) is 13.8 Å². The van der Waals surface area contributed by atoms with Crippen molar-refractivity contribution in [2.24, 2.45) is 5.92 Å². The van der Waals surface area contributed by atoms with E-state index in [9.17, 15) is 13.2 Å². The van der Waals surface area contributed by atoms with Gasteiger partial charge in [0, 0.05) is 0 Å². The topological polar surface area (TPSA) is 20.2 Å². The van der Waals surface area contributed by atoms with Gasteiger partial charge in [0.1, 0.15) is 0 Å². The summed E-state index contributed by atoms with van der Waals surface area (Å²) in [6.45, 7) is 8.32. The molecule has 1 unspecified atom stereocenters. The average Bonchev–Trinajstić information content (AvgIpc) is 2.05. The number of hydrogen-bond acceptors (Lipinski definition) is 1. The Morgan fingerprint density at radius 3 is 1.79 bits per heavy atom. The van der Waals surface area contributed by atoms with Crippen LogP contribution in [0.5, 0.6) is 0 Å². The fourth-order valence-electron chi connectivity index (χ4n) is 0.939. The normalized spacial score (nSPS) is 17.8. The van der Waals surface area contributed by atoms with E-state index < -0.39 is 11.8 Å². The van der Waals surface area contributed by atoms with Crippen molar-refractivity contribution < 1.29 is 18.3 Å². The smallest absolute Gasteiger partial charge is 0.381 e. The van der Waals surface area contributed by atoms with Crippen molar-refractivity contribution in [3.05, 3.63) is 0 Å². The van der Waals surface area contributed by atoms with Crippen molar-refractivity contribution in [3.63, 3.8) is 0 Å². The molecule has 0 saturated heterocycles. The molecule has 0 rings (SSSR count). The van der Waals surface area contributed by atoms with Crippen LogP contribution in [0.25, 0.3) is 0 Å². The third-order valence-electron chi connectivity index (χ3n) is 2.05. The number of rotatable bonds is 3. The average molecular weight is 214 g/mol. The summed E-state index contributed by atoms with van der Waals surface area (Å²) in [6, 6.07) is 0. The second kappa shape index (κ2) is 6.27. The molecular weight excluding hydrogens is 193 g/mol. The van der Waals surface area contributed by atoms with Crippen LogP contribution in [0.2, 0.25) is 0 Å². The van der Waals surface area contributed by atoms with Gasteiger partial charge in [0.2, 0.25) is 0 Å². The van der Waals surface area contributed by atoms with E-state index in [2.05, 4.69) is 0 Å². The largest absolute Gasteiger partial charge is 0.416 e. The SMILES string of the molecule is CC.CC[C@H](C)CC(C)(O)C(F)(F)F. The van der Waals surface area contributed by atoms with Gasteiger partial charge in [-0.3, -0.25) is 0 Å². The van der Waals surface area contributed by atoms with Crippen molar-refractivity contribution in [3.8, 4) is 0 Å². The molecule has 0 radical (unpaired) electrons. The van der Waals surface area contributed by atoms with E-state index in [0.29, 0.717) is 6.42 Å². The quantitative estimate of drug-likeness (QED) is 0.758. The molecule has 0 fully saturated rings. The fraction of sp³-hybridized carbons (Fsp3) is 1.00. The predicted molar refractivity (Wildman–Crippen MR) is 52.1 cm³/mol. The molecule has 0 aromatic rings. The van der Waals surface area contributed by atoms with Crippen molar-refractivity contribution in [2.75, 3.05) is 0 Å². The molecule has 0 heterocycles. The van der Waals surface area contributed by atoms with E-state index in [1.165, 1.54) is 0 Å². The third-order valence-corrected chi connectivity index (χ3v) is 2.05. The van der Waals surface area contributed by atoms with Crippen molar-refractivity contribution in [1.82, 2.24) is 0 Å². The van der Waals surface area contributed by atoms with Gasteiger partial charge in [-0.2, -0.15) is 13.2 Å². The van der Waals surface area contributed by atoms with Gasteiger partial charge in [-0.05, 0) is 19.3 Å². The number of halogens is 3. The summed E-state index contributed by atoms with van der Waals surface area (Å²) in [7, 11) is 0. The van der Waals surface area contributed by atoms with E-state index >= 15 is 0 Å². The summed E-state index contributed by atoms with van der Waals surface area (Å²) in [5.41, 5.74) is -2.54. The number of hydrogen-bond donors (Lipinski definition) is 1. The van der Waals surface area contributed by atoms with Crippen molar-refractivity contribution >= 4 is 0 Å². The molecule has 1 nitrogen and oxygen atoms in total. The first-order chi connectivity index (χ1) is 6.20. The maximum Gasteiger partial charge on any atom is 0.416 e. The first kappa shape index (κ1) is 16.2. The van der Waals surface area contributed by atoms with Gasteiger partial charge >= 0.3 is 6.18 Å². The van der Waals surface area contributed by atoms with Crippen LogP contribution in [0.1, 0.15) is 47.5 Å². The highest BCUT2D eigenvalue weighted by molar-refractivity contribution is 4.82. The van der Waals surface area contributed by atoms with Crippen LogP contribution >= 0.6 is 0 Å². The van der Waals surface area contributed by atoms with Crippen LogP contribution in [0.15, 0.2) is 0 Å². The lowest BCUT2D eigenvalue weighted by Gasteiger charge is -2.28. The molecule has 0 spiro atoms. The van der Waals surface area contributed by atoms with E-state index in [0.717, 1.165) is 6.92 Å². The molecule has 0 aromatic heterocycles. The summed E-state index contributed by atoms with van der Waals surface area (Å²) >= 11 is 0. The maximum atomic E-state index is 12.1. The predicted octanol–water partition coefficient (Wildman–Crippen LogP) is 3.76. The first-order valence-electron chi connectivity index (χ1n) is 5.00. The summed E-state index contributed by atoms with van der Waals surface area (Å²) in [4.78, 5) is 0. The summed E-state index contributed by atoms with van der Waals surface area (Å²) in [6.07, 6.45) is -4.10. The van der Waals surface area contributed by atoms with Crippen LogP contribution in [0.3, 0.4) is 0 Å². The Kier molecular flexibility index (Phi) is 7.26. The molecule has 88 valence electrons. The van der Waals surface area contributed by atoms with Crippen LogP contribution in [-0.2, 0) is 0 Å². The molecule has 0 aromatic carbocycles. The Morgan fingerprint density at radius 2 is 1.57 bits per heavy atom. The Labute approximate surface area is 84.3 Å². The van der Waals surface area contributed by atoms with Gasteiger partial charge in [-0.25, -0.2) is 0 Å². The standard InChI is InChI=1S/C8H15F3O.C2H6/c1-4-6(2)5-7(3,12)8(9,10)11;1-2/h6,12H,4-5H2,1-3H3;1-2H3/t6-,7?;/m0./s1. The second-order valence-corrected chi connectivity index (χ2v) is 3.49. The zero-order chi connectivity index (χ0) is 12.0. The Bertz CT molecular complexity index is 141. The molecule has 0 aliphatic heterocycles. The van der Waals surface area contributed by atoms with Gasteiger partial charge in [0.15, 0.2) is 5.60 Å². The van der Waals surface area contributed by atoms with Crippen LogP contribution in [0.4, 0.5) is 13.2 Å². The fourth-order valence-corrected chi connectivity index (χ4v) is 0.939. The van der Waals surface area contributed by atoms with Gasteiger partial charge < -0.3 is 5.11 Å². The summed E-state index contributed by atoms with van der Waals surface area (Å²) in [5.74, 6) is -0.110.